The largest absolute Gasteiger partial charge is 0.493 e. The summed E-state index contributed by atoms with van der Waals surface area (Å²) in [7, 11) is 3.25. The van der Waals surface area contributed by atoms with E-state index in [9.17, 15) is 4.79 Å². The summed E-state index contributed by atoms with van der Waals surface area (Å²) in [4.78, 5) is 16.7. The molecule has 0 aromatic heterocycles. The zero-order valence-corrected chi connectivity index (χ0v) is 19.1. The van der Waals surface area contributed by atoms with Crippen LogP contribution in [0.5, 0.6) is 11.5 Å². The molecule has 0 heterocycles. The van der Waals surface area contributed by atoms with Gasteiger partial charge in [-0.05, 0) is 48.2 Å². The number of methoxy groups -OCH3 is 2. The lowest BCUT2D eigenvalue weighted by molar-refractivity contribution is -0.116. The predicted octanol–water partition coefficient (Wildman–Crippen LogP) is 3.94. The van der Waals surface area contributed by atoms with E-state index in [0.29, 0.717) is 42.9 Å². The lowest BCUT2D eigenvalue weighted by Gasteiger charge is -2.13. The molecule has 168 valence electrons. The van der Waals surface area contributed by atoms with Crippen molar-refractivity contribution in [2.75, 3.05) is 26.1 Å². The molecule has 0 aliphatic heterocycles. The van der Waals surface area contributed by atoms with Crippen molar-refractivity contribution in [2.24, 2.45) is 10.9 Å². The first-order valence-corrected chi connectivity index (χ1v) is 10.6. The smallest absolute Gasteiger partial charge is 0.224 e. The molecule has 0 bridgehead atoms. The Morgan fingerprint density at radius 2 is 1.77 bits per heavy atom. The van der Waals surface area contributed by atoms with Gasteiger partial charge in [-0.1, -0.05) is 32.0 Å². The highest BCUT2D eigenvalue weighted by molar-refractivity contribution is 5.90. The number of nitrogens with one attached hydrogen (secondary N) is 3. The number of ether oxygens (including phenoxy) is 2. The van der Waals surface area contributed by atoms with E-state index in [1.807, 2.05) is 63.2 Å². The Morgan fingerprint density at radius 1 is 1.00 bits per heavy atom. The van der Waals surface area contributed by atoms with Gasteiger partial charge < -0.3 is 25.4 Å². The average molecular weight is 427 g/mol. The maximum Gasteiger partial charge on any atom is 0.224 e. The van der Waals surface area contributed by atoms with E-state index >= 15 is 0 Å². The molecule has 0 aliphatic carbocycles. The summed E-state index contributed by atoms with van der Waals surface area (Å²) in [5.74, 6) is 2.46. The molecule has 1 amide bonds. The van der Waals surface area contributed by atoms with Gasteiger partial charge in [-0.15, -0.1) is 0 Å². The van der Waals surface area contributed by atoms with E-state index in [0.717, 1.165) is 23.4 Å². The predicted molar refractivity (Wildman–Crippen MR) is 126 cm³/mol. The maximum absolute atomic E-state index is 12.0. The van der Waals surface area contributed by atoms with Gasteiger partial charge in [-0.25, -0.2) is 4.99 Å². The molecule has 0 radical (unpaired) electrons. The van der Waals surface area contributed by atoms with Gasteiger partial charge in [-0.2, -0.15) is 0 Å². The zero-order valence-electron chi connectivity index (χ0n) is 19.1. The number of carbonyl (C=O) groups is 1. The van der Waals surface area contributed by atoms with E-state index in [1.54, 1.807) is 14.2 Å². The van der Waals surface area contributed by atoms with Gasteiger partial charge in [0.05, 0.1) is 20.8 Å². The molecule has 0 saturated heterocycles. The molecule has 31 heavy (non-hydrogen) atoms. The van der Waals surface area contributed by atoms with E-state index in [-0.39, 0.29) is 5.91 Å². The van der Waals surface area contributed by atoms with E-state index < -0.39 is 0 Å². The number of amides is 1. The second-order valence-corrected chi connectivity index (χ2v) is 7.58. The first-order chi connectivity index (χ1) is 14.9. The number of nitrogens with zero attached hydrogens (tertiary/aromatic N) is 1. The summed E-state index contributed by atoms with van der Waals surface area (Å²) >= 11 is 0. The Hall–Kier alpha value is -3.22. The second-order valence-electron chi connectivity index (χ2n) is 7.58. The van der Waals surface area contributed by atoms with Crippen molar-refractivity contribution in [3.8, 4) is 11.5 Å². The van der Waals surface area contributed by atoms with Gasteiger partial charge in [-0.3, -0.25) is 4.79 Å². The normalized spacial score (nSPS) is 11.2. The van der Waals surface area contributed by atoms with Gasteiger partial charge in [0.15, 0.2) is 17.5 Å². The molecule has 0 aliphatic rings. The molecule has 0 unspecified atom stereocenters. The van der Waals surface area contributed by atoms with Gasteiger partial charge >= 0.3 is 0 Å². The van der Waals surface area contributed by atoms with Crippen LogP contribution in [0.1, 0.15) is 38.3 Å². The molecule has 0 fully saturated rings. The number of guanidine groups is 1. The van der Waals surface area contributed by atoms with Crippen LogP contribution in [0.2, 0.25) is 0 Å². The van der Waals surface area contributed by atoms with Crippen LogP contribution in [-0.2, 0) is 17.9 Å². The molecule has 2 rings (SSSR count). The van der Waals surface area contributed by atoms with Crippen LogP contribution < -0.4 is 25.4 Å². The number of carbonyl (C=O) groups excluding carboxylic acids is 1. The summed E-state index contributed by atoms with van der Waals surface area (Å²) in [6, 6.07) is 13.6. The minimum atomic E-state index is 0.0283. The van der Waals surface area contributed by atoms with Crippen molar-refractivity contribution >= 4 is 17.6 Å². The van der Waals surface area contributed by atoms with Crippen molar-refractivity contribution in [1.29, 1.82) is 0 Å². The Morgan fingerprint density at radius 3 is 2.45 bits per heavy atom. The molecule has 0 atom stereocenters. The molecule has 0 spiro atoms. The third-order valence-electron chi connectivity index (χ3n) is 4.48. The van der Waals surface area contributed by atoms with E-state index in [2.05, 4.69) is 20.9 Å². The van der Waals surface area contributed by atoms with Crippen molar-refractivity contribution in [3.05, 3.63) is 53.6 Å². The van der Waals surface area contributed by atoms with Crippen LogP contribution in [0.25, 0.3) is 0 Å². The summed E-state index contributed by atoms with van der Waals surface area (Å²) in [6.07, 6.45) is 0.507. The number of hydrogen-bond donors (Lipinski definition) is 3. The number of benzene rings is 2. The number of rotatable bonds is 10. The lowest BCUT2D eigenvalue weighted by atomic mass is 10.1. The summed E-state index contributed by atoms with van der Waals surface area (Å²) < 4.78 is 10.7. The van der Waals surface area contributed by atoms with Crippen LogP contribution in [-0.4, -0.2) is 32.6 Å². The highest BCUT2D eigenvalue weighted by atomic mass is 16.5. The third kappa shape index (κ3) is 8.20. The third-order valence-corrected chi connectivity index (χ3v) is 4.48. The molecule has 2 aromatic rings. The standard InChI is InChI=1S/C24H34N4O3/c1-6-25-24(27-16-19-10-11-21(30-4)22(14-19)31-5)26-15-18-8-7-9-20(13-18)28-23(29)12-17(2)3/h7-11,13-14,17H,6,12,15-16H2,1-5H3,(H,28,29)(H2,25,26,27). The molecule has 7 nitrogen and oxygen atoms in total. The molecule has 3 N–H and O–H groups in total. The van der Waals surface area contributed by atoms with E-state index in [1.165, 1.54) is 0 Å². The summed E-state index contributed by atoms with van der Waals surface area (Å²) in [6.45, 7) is 7.93. The van der Waals surface area contributed by atoms with Gasteiger partial charge in [0.1, 0.15) is 0 Å². The van der Waals surface area contributed by atoms with Crippen molar-refractivity contribution in [3.63, 3.8) is 0 Å². The van der Waals surface area contributed by atoms with Crippen LogP contribution >= 0.6 is 0 Å². The minimum absolute atomic E-state index is 0.0283. The fraction of sp³-hybridized carbons (Fsp3) is 0.417. The van der Waals surface area contributed by atoms with Crippen molar-refractivity contribution in [2.45, 2.75) is 40.3 Å². The highest BCUT2D eigenvalue weighted by Gasteiger charge is 2.07. The first-order valence-electron chi connectivity index (χ1n) is 10.6. The monoisotopic (exact) mass is 426 g/mol. The molecule has 7 heteroatoms. The van der Waals surface area contributed by atoms with Crippen molar-refractivity contribution in [1.82, 2.24) is 10.6 Å². The van der Waals surface area contributed by atoms with Crippen molar-refractivity contribution < 1.29 is 14.3 Å². The Kier molecular flexibility index (Phi) is 9.68. The van der Waals surface area contributed by atoms with E-state index in [4.69, 9.17) is 9.47 Å². The second kappa shape index (κ2) is 12.5. The minimum Gasteiger partial charge on any atom is -0.493 e. The maximum atomic E-state index is 12.0. The fourth-order valence-electron chi connectivity index (χ4n) is 3.02. The quantitative estimate of drug-likeness (QED) is 0.396. The number of anilines is 1. The number of aliphatic imine (C=N–C) groups is 1. The molecule has 0 saturated carbocycles. The van der Waals surface area contributed by atoms with Crippen LogP contribution in [0.15, 0.2) is 47.5 Å². The lowest BCUT2D eigenvalue weighted by Crippen LogP contribution is -2.36. The van der Waals surface area contributed by atoms with Crippen LogP contribution in [0, 0.1) is 5.92 Å². The topological polar surface area (TPSA) is 84.0 Å². The average Bonchev–Trinajstić information content (AvgIpc) is 2.75. The fourth-order valence-corrected chi connectivity index (χ4v) is 3.02. The van der Waals surface area contributed by atoms with Crippen LogP contribution in [0.4, 0.5) is 5.69 Å². The first kappa shape index (κ1) is 24.1. The summed E-state index contributed by atoms with van der Waals surface area (Å²) in [5.41, 5.74) is 2.87. The Labute approximate surface area is 185 Å². The summed E-state index contributed by atoms with van der Waals surface area (Å²) in [5, 5.41) is 9.55. The number of hydrogen-bond acceptors (Lipinski definition) is 4. The van der Waals surface area contributed by atoms with Gasteiger partial charge in [0.25, 0.3) is 0 Å². The SMILES string of the molecule is CCNC(=NCc1cccc(NC(=O)CC(C)C)c1)NCc1ccc(OC)c(OC)c1. The Balaban J connectivity index is 2.01. The van der Waals surface area contributed by atoms with Crippen LogP contribution in [0.3, 0.4) is 0 Å². The molecular formula is C24H34N4O3. The highest BCUT2D eigenvalue weighted by Crippen LogP contribution is 2.27. The molecular weight excluding hydrogens is 392 g/mol. The zero-order chi connectivity index (χ0) is 22.6. The molecule has 2 aromatic carbocycles. The van der Waals surface area contributed by atoms with Gasteiger partial charge in [0, 0.05) is 25.2 Å². The Bertz CT molecular complexity index is 881. The van der Waals surface area contributed by atoms with Gasteiger partial charge in [0.2, 0.25) is 5.91 Å².